The first-order valence-corrected chi connectivity index (χ1v) is 9.60. The number of nitrogens with one attached hydrogen (secondary N) is 1. The number of carbonyl (C=O) groups is 2. The summed E-state index contributed by atoms with van der Waals surface area (Å²) in [5.74, 6) is -0.0835. The zero-order valence-electron chi connectivity index (χ0n) is 14.9. The Morgan fingerprint density at radius 1 is 1.18 bits per heavy atom. The third kappa shape index (κ3) is 4.04. The molecule has 0 aliphatic carbocycles. The maximum absolute atomic E-state index is 13.1. The second-order valence-corrected chi connectivity index (χ2v) is 7.41. The number of ether oxygens (including phenoxy) is 1. The Morgan fingerprint density at radius 3 is 2.75 bits per heavy atom. The van der Waals surface area contributed by atoms with E-state index in [0.717, 1.165) is 10.4 Å². The van der Waals surface area contributed by atoms with Crippen LogP contribution in [0.25, 0.3) is 0 Å². The quantitative estimate of drug-likeness (QED) is 0.709. The third-order valence-corrected chi connectivity index (χ3v) is 5.23. The topological polar surface area (TPSA) is 58.6 Å². The van der Waals surface area contributed by atoms with E-state index in [-0.39, 0.29) is 24.2 Å². The molecular weight excluding hydrogens is 379 g/mol. The lowest BCUT2D eigenvalue weighted by Gasteiger charge is -2.29. The largest absolute Gasteiger partial charge is 0.481 e. The summed E-state index contributed by atoms with van der Waals surface area (Å²) >= 11 is 1.53. The van der Waals surface area contributed by atoms with Gasteiger partial charge in [0.15, 0.2) is 6.61 Å². The van der Waals surface area contributed by atoms with E-state index < -0.39 is 0 Å². The van der Waals surface area contributed by atoms with E-state index in [1.807, 2.05) is 17.5 Å². The monoisotopic (exact) mass is 396 g/mol. The van der Waals surface area contributed by atoms with Crippen LogP contribution < -0.4 is 15.0 Å². The molecule has 3 aromatic rings. The van der Waals surface area contributed by atoms with Crippen molar-refractivity contribution in [3.05, 3.63) is 76.2 Å². The van der Waals surface area contributed by atoms with Crippen LogP contribution >= 0.6 is 11.3 Å². The van der Waals surface area contributed by atoms with Crippen molar-refractivity contribution in [2.75, 3.05) is 16.8 Å². The summed E-state index contributed by atoms with van der Waals surface area (Å²) in [5, 5.41) is 4.79. The van der Waals surface area contributed by atoms with Gasteiger partial charge in [0.25, 0.3) is 5.91 Å². The highest BCUT2D eigenvalue weighted by molar-refractivity contribution is 7.10. The average molecular weight is 396 g/mol. The average Bonchev–Trinajstić information content (AvgIpc) is 3.18. The van der Waals surface area contributed by atoms with Crippen LogP contribution in [0.1, 0.15) is 10.4 Å². The number of amides is 2. The number of nitrogens with zero attached hydrogens (tertiary/aromatic N) is 1. The third-order valence-electron chi connectivity index (χ3n) is 4.36. The fourth-order valence-electron chi connectivity index (χ4n) is 3.00. The summed E-state index contributed by atoms with van der Waals surface area (Å²) in [7, 11) is 0. The van der Waals surface area contributed by atoms with Gasteiger partial charge in [-0.05, 0) is 41.3 Å². The smallest absolute Gasteiger partial charge is 0.265 e. The van der Waals surface area contributed by atoms with Gasteiger partial charge in [0.2, 0.25) is 5.91 Å². The van der Waals surface area contributed by atoms with Crippen LogP contribution in [-0.2, 0) is 22.6 Å². The first-order valence-electron chi connectivity index (χ1n) is 8.72. The Morgan fingerprint density at radius 2 is 2.00 bits per heavy atom. The van der Waals surface area contributed by atoms with Crippen molar-refractivity contribution < 1.29 is 18.7 Å². The van der Waals surface area contributed by atoms with Gasteiger partial charge in [0, 0.05) is 16.6 Å². The van der Waals surface area contributed by atoms with Crippen molar-refractivity contribution in [3.8, 4) is 5.75 Å². The fraction of sp³-hybridized carbons (Fsp3) is 0.143. The molecule has 1 aromatic heterocycles. The lowest BCUT2D eigenvalue weighted by atomic mass is 10.1. The molecule has 0 atom stereocenters. The van der Waals surface area contributed by atoms with Crippen LogP contribution in [-0.4, -0.2) is 18.4 Å². The Hall–Kier alpha value is -3.19. The van der Waals surface area contributed by atoms with E-state index in [9.17, 15) is 14.0 Å². The van der Waals surface area contributed by atoms with E-state index in [1.165, 1.54) is 23.5 Å². The van der Waals surface area contributed by atoms with Crippen molar-refractivity contribution >= 4 is 34.5 Å². The van der Waals surface area contributed by atoms with E-state index in [1.54, 1.807) is 35.2 Å². The van der Waals surface area contributed by atoms with E-state index in [2.05, 4.69) is 5.32 Å². The van der Waals surface area contributed by atoms with Crippen LogP contribution in [0.5, 0.6) is 5.75 Å². The molecule has 1 aliphatic rings. The van der Waals surface area contributed by atoms with Gasteiger partial charge in [-0.3, -0.25) is 9.59 Å². The van der Waals surface area contributed by atoms with Crippen LogP contribution in [0.15, 0.2) is 60.0 Å². The van der Waals surface area contributed by atoms with Crippen molar-refractivity contribution in [1.82, 2.24) is 0 Å². The highest BCUT2D eigenvalue weighted by atomic mass is 32.1. The summed E-state index contributed by atoms with van der Waals surface area (Å²) in [6.45, 7) is 0.236. The van der Waals surface area contributed by atoms with Crippen LogP contribution in [0.4, 0.5) is 15.8 Å². The van der Waals surface area contributed by atoms with Crippen molar-refractivity contribution in [1.29, 1.82) is 0 Å². The molecule has 1 aliphatic heterocycles. The molecule has 142 valence electrons. The normalized spacial score (nSPS) is 13.0. The molecule has 0 spiro atoms. The summed E-state index contributed by atoms with van der Waals surface area (Å²) in [5.41, 5.74) is 2.05. The lowest BCUT2D eigenvalue weighted by molar-refractivity contribution is -0.121. The molecule has 0 unspecified atom stereocenters. The minimum absolute atomic E-state index is 0.0825. The second kappa shape index (κ2) is 7.82. The minimum Gasteiger partial charge on any atom is -0.481 e. The highest BCUT2D eigenvalue weighted by Crippen LogP contribution is 2.35. The molecule has 0 radical (unpaired) electrons. The van der Waals surface area contributed by atoms with Gasteiger partial charge in [-0.1, -0.05) is 18.2 Å². The van der Waals surface area contributed by atoms with Gasteiger partial charge in [-0.25, -0.2) is 4.39 Å². The Kier molecular flexibility index (Phi) is 5.08. The van der Waals surface area contributed by atoms with Gasteiger partial charge in [-0.2, -0.15) is 0 Å². The molecule has 1 N–H and O–H groups in total. The summed E-state index contributed by atoms with van der Waals surface area (Å²) in [6.07, 6.45) is 0.310. The van der Waals surface area contributed by atoms with Crippen molar-refractivity contribution in [3.63, 3.8) is 0 Å². The van der Waals surface area contributed by atoms with Gasteiger partial charge < -0.3 is 15.0 Å². The van der Waals surface area contributed by atoms with E-state index >= 15 is 0 Å². The summed E-state index contributed by atoms with van der Waals surface area (Å²) < 4.78 is 18.7. The number of thiophene rings is 1. The predicted molar refractivity (Wildman–Crippen MR) is 106 cm³/mol. The molecule has 0 saturated heterocycles. The molecule has 2 amide bonds. The number of halogens is 1. The summed E-state index contributed by atoms with van der Waals surface area (Å²) in [6, 6.07) is 15.1. The van der Waals surface area contributed by atoms with Crippen molar-refractivity contribution in [2.45, 2.75) is 13.0 Å². The number of anilines is 2. The molecule has 28 heavy (non-hydrogen) atoms. The molecule has 4 rings (SSSR count). The molecule has 0 fully saturated rings. The number of hydrogen-bond acceptors (Lipinski definition) is 4. The maximum Gasteiger partial charge on any atom is 0.265 e. The molecule has 5 nitrogen and oxygen atoms in total. The van der Waals surface area contributed by atoms with Crippen LogP contribution in [0, 0.1) is 5.82 Å². The number of rotatable bonds is 5. The van der Waals surface area contributed by atoms with Crippen LogP contribution in [0.2, 0.25) is 0 Å². The number of benzene rings is 2. The zero-order valence-corrected chi connectivity index (χ0v) is 15.7. The molecule has 0 saturated carbocycles. The first kappa shape index (κ1) is 18.2. The predicted octanol–water partition coefficient (Wildman–Crippen LogP) is 3.99. The van der Waals surface area contributed by atoms with E-state index in [4.69, 9.17) is 4.74 Å². The molecule has 2 heterocycles. The van der Waals surface area contributed by atoms with Crippen molar-refractivity contribution in [2.24, 2.45) is 0 Å². The number of hydrogen-bond donors (Lipinski definition) is 1. The van der Waals surface area contributed by atoms with Crippen LogP contribution in [0.3, 0.4) is 0 Å². The van der Waals surface area contributed by atoms with Gasteiger partial charge in [0.1, 0.15) is 11.6 Å². The van der Waals surface area contributed by atoms with Gasteiger partial charge >= 0.3 is 0 Å². The minimum atomic E-state index is -0.319. The Labute approximate surface area is 165 Å². The van der Waals surface area contributed by atoms with Gasteiger partial charge in [-0.15, -0.1) is 11.3 Å². The zero-order chi connectivity index (χ0) is 19.5. The fourth-order valence-corrected chi connectivity index (χ4v) is 3.71. The molecular formula is C21H17FN2O3S. The first-order chi connectivity index (χ1) is 13.6. The standard InChI is InChI=1S/C21H17FN2O3S/c22-15-5-3-14(4-6-15)12-24-18-8-7-16(10-19(18)27-13-21(24)26)23-20(25)11-17-2-1-9-28-17/h1-10H,11-13H2,(H,23,25). The number of fused-ring (bicyclic) bond motifs is 1. The maximum atomic E-state index is 13.1. The lowest BCUT2D eigenvalue weighted by Crippen LogP contribution is -2.38. The molecule has 7 heteroatoms. The highest BCUT2D eigenvalue weighted by Gasteiger charge is 2.26. The molecule has 2 aromatic carbocycles. The van der Waals surface area contributed by atoms with E-state index in [0.29, 0.717) is 30.1 Å². The SMILES string of the molecule is O=C(Cc1cccs1)Nc1ccc2c(c1)OCC(=O)N2Cc1ccc(F)cc1. The molecule has 0 bridgehead atoms. The Bertz CT molecular complexity index is 1000. The Balaban J connectivity index is 1.50. The number of carbonyl (C=O) groups excluding carboxylic acids is 2. The summed E-state index contributed by atoms with van der Waals surface area (Å²) in [4.78, 5) is 27.1. The van der Waals surface area contributed by atoms with Gasteiger partial charge in [0.05, 0.1) is 18.7 Å². The second-order valence-electron chi connectivity index (χ2n) is 6.38.